The van der Waals surface area contributed by atoms with Crippen molar-refractivity contribution < 1.29 is 4.79 Å². The van der Waals surface area contributed by atoms with Crippen LogP contribution in [0, 0.1) is 6.92 Å². The van der Waals surface area contributed by atoms with Crippen LogP contribution in [0.3, 0.4) is 0 Å². The molecule has 0 bridgehead atoms. The van der Waals surface area contributed by atoms with Crippen LogP contribution in [0.4, 0.5) is 5.69 Å². The number of carbonyl (C=O) groups excluding carboxylic acids is 1. The summed E-state index contributed by atoms with van der Waals surface area (Å²) in [6, 6.07) is 17.2. The van der Waals surface area contributed by atoms with Gasteiger partial charge in [0, 0.05) is 35.6 Å². The fraction of sp³-hybridized carbons (Fsp3) is 0.120. The molecule has 0 aliphatic heterocycles. The van der Waals surface area contributed by atoms with Gasteiger partial charge in [0.05, 0.1) is 40.7 Å². The number of hydrogen-bond acceptors (Lipinski definition) is 4. The lowest BCUT2D eigenvalue weighted by Gasteiger charge is -2.11. The molecule has 3 heterocycles. The molecule has 8 heteroatoms. The first-order chi connectivity index (χ1) is 16.0. The molecule has 0 spiro atoms. The zero-order valence-electron chi connectivity index (χ0n) is 18.2. The van der Waals surface area contributed by atoms with Gasteiger partial charge in [-0.3, -0.25) is 14.2 Å². The first kappa shape index (κ1) is 20.9. The maximum Gasteiger partial charge on any atom is 0.256 e. The van der Waals surface area contributed by atoms with Crippen LogP contribution < -0.4 is 5.32 Å². The summed E-state index contributed by atoms with van der Waals surface area (Å²) in [5.74, 6) is -0.198. The van der Waals surface area contributed by atoms with Crippen molar-refractivity contribution in [3.8, 4) is 11.3 Å². The summed E-state index contributed by atoms with van der Waals surface area (Å²) >= 11 is 5.96. The van der Waals surface area contributed by atoms with Crippen LogP contribution in [0.25, 0.3) is 22.2 Å². The number of fused-ring (bicyclic) bond motifs is 1. The Hall–Kier alpha value is -3.97. The Morgan fingerprint density at radius 3 is 2.67 bits per heavy atom. The standard InChI is InChI=1S/C25H21ClN6O/c1-16-22(13-27-31(16)2)24-11-21(20-8-3-4-9-23(20)30-24)25(33)29-19-7-5-6-17(10-19)14-32-15-18(26)12-28-32/h3-13,15H,14H2,1-2H3,(H,29,33). The number of carbonyl (C=O) groups is 1. The monoisotopic (exact) mass is 456 g/mol. The highest BCUT2D eigenvalue weighted by molar-refractivity contribution is 6.30. The smallest absolute Gasteiger partial charge is 0.256 e. The topological polar surface area (TPSA) is 77.6 Å². The van der Waals surface area contributed by atoms with E-state index in [4.69, 9.17) is 16.6 Å². The molecule has 5 rings (SSSR count). The van der Waals surface area contributed by atoms with Gasteiger partial charge in [-0.15, -0.1) is 0 Å². The number of para-hydroxylation sites is 1. The highest BCUT2D eigenvalue weighted by Crippen LogP contribution is 2.27. The number of amides is 1. The van der Waals surface area contributed by atoms with Crippen LogP contribution >= 0.6 is 11.6 Å². The van der Waals surface area contributed by atoms with Crippen molar-refractivity contribution in [2.45, 2.75) is 13.5 Å². The van der Waals surface area contributed by atoms with Crippen LogP contribution in [0.15, 0.2) is 73.2 Å². The van der Waals surface area contributed by atoms with Crippen molar-refractivity contribution in [2.24, 2.45) is 7.05 Å². The lowest BCUT2D eigenvalue weighted by Crippen LogP contribution is -2.13. The second-order valence-electron chi connectivity index (χ2n) is 7.85. The number of nitrogens with one attached hydrogen (secondary N) is 1. The molecule has 0 aliphatic rings. The summed E-state index contributed by atoms with van der Waals surface area (Å²) in [6.07, 6.45) is 5.14. The average molecular weight is 457 g/mol. The summed E-state index contributed by atoms with van der Waals surface area (Å²) in [4.78, 5) is 18.2. The quantitative estimate of drug-likeness (QED) is 0.399. The van der Waals surface area contributed by atoms with Crippen molar-refractivity contribution >= 4 is 34.1 Å². The third kappa shape index (κ3) is 4.23. The van der Waals surface area contributed by atoms with Crippen LogP contribution in [-0.2, 0) is 13.6 Å². The second kappa shape index (κ2) is 8.52. The van der Waals surface area contributed by atoms with Gasteiger partial charge in [0.15, 0.2) is 0 Å². The van der Waals surface area contributed by atoms with E-state index < -0.39 is 0 Å². The van der Waals surface area contributed by atoms with Crippen LogP contribution in [0.1, 0.15) is 21.6 Å². The van der Waals surface area contributed by atoms with Crippen LogP contribution in [0.2, 0.25) is 5.02 Å². The van der Waals surface area contributed by atoms with E-state index in [-0.39, 0.29) is 5.91 Å². The molecule has 0 saturated heterocycles. The number of pyridine rings is 1. The lowest BCUT2D eigenvalue weighted by atomic mass is 10.0. The van der Waals surface area contributed by atoms with Gasteiger partial charge in [0.1, 0.15) is 0 Å². The van der Waals surface area contributed by atoms with Gasteiger partial charge in [0.25, 0.3) is 5.91 Å². The molecule has 0 radical (unpaired) electrons. The Labute approximate surface area is 195 Å². The third-order valence-corrected chi connectivity index (χ3v) is 5.80. The molecule has 0 atom stereocenters. The van der Waals surface area contributed by atoms with Crippen molar-refractivity contribution in [1.82, 2.24) is 24.5 Å². The summed E-state index contributed by atoms with van der Waals surface area (Å²) in [5.41, 5.74) is 5.62. The van der Waals surface area contributed by atoms with E-state index in [1.807, 2.05) is 68.6 Å². The minimum atomic E-state index is -0.198. The van der Waals surface area contributed by atoms with Crippen molar-refractivity contribution in [2.75, 3.05) is 5.32 Å². The number of benzene rings is 2. The highest BCUT2D eigenvalue weighted by Gasteiger charge is 2.16. The largest absolute Gasteiger partial charge is 0.322 e. The zero-order valence-corrected chi connectivity index (χ0v) is 18.9. The molecule has 0 unspecified atom stereocenters. The Balaban J connectivity index is 1.48. The van der Waals surface area contributed by atoms with Crippen molar-refractivity contribution in [3.63, 3.8) is 0 Å². The van der Waals surface area contributed by atoms with Crippen LogP contribution in [0.5, 0.6) is 0 Å². The summed E-state index contributed by atoms with van der Waals surface area (Å²) in [5, 5.41) is 13.0. The number of aryl methyl sites for hydroxylation is 1. The molecule has 164 valence electrons. The normalized spacial score (nSPS) is 11.1. The van der Waals surface area contributed by atoms with E-state index in [0.29, 0.717) is 28.5 Å². The molecular formula is C25H21ClN6O. The van der Waals surface area contributed by atoms with E-state index >= 15 is 0 Å². The average Bonchev–Trinajstić information content (AvgIpc) is 3.37. The maximum absolute atomic E-state index is 13.4. The van der Waals surface area contributed by atoms with E-state index in [1.54, 1.807) is 28.0 Å². The first-order valence-electron chi connectivity index (χ1n) is 10.4. The number of aromatic nitrogens is 5. The molecule has 0 aliphatic carbocycles. The molecule has 1 amide bonds. The molecule has 1 N–H and O–H groups in total. The molecule has 2 aromatic carbocycles. The second-order valence-corrected chi connectivity index (χ2v) is 8.29. The van der Waals surface area contributed by atoms with Gasteiger partial charge >= 0.3 is 0 Å². The summed E-state index contributed by atoms with van der Waals surface area (Å²) in [6.45, 7) is 2.54. The molecule has 33 heavy (non-hydrogen) atoms. The minimum Gasteiger partial charge on any atom is -0.322 e. The summed E-state index contributed by atoms with van der Waals surface area (Å²) in [7, 11) is 1.89. The fourth-order valence-electron chi connectivity index (χ4n) is 3.81. The first-order valence-corrected chi connectivity index (χ1v) is 10.8. The van der Waals surface area contributed by atoms with Crippen molar-refractivity contribution in [1.29, 1.82) is 0 Å². The third-order valence-electron chi connectivity index (χ3n) is 5.60. The number of anilines is 1. The van der Waals surface area contributed by atoms with Crippen molar-refractivity contribution in [3.05, 3.63) is 95.0 Å². The molecule has 7 nitrogen and oxygen atoms in total. The van der Waals surface area contributed by atoms with Gasteiger partial charge in [0.2, 0.25) is 0 Å². The van der Waals surface area contributed by atoms with E-state index in [1.165, 1.54) is 0 Å². The fourth-order valence-corrected chi connectivity index (χ4v) is 3.97. The Morgan fingerprint density at radius 1 is 1.06 bits per heavy atom. The van der Waals surface area contributed by atoms with Crippen LogP contribution in [-0.4, -0.2) is 30.5 Å². The molecule has 0 fully saturated rings. The Bertz CT molecular complexity index is 1490. The Morgan fingerprint density at radius 2 is 1.91 bits per heavy atom. The number of hydrogen-bond donors (Lipinski definition) is 1. The number of nitrogens with zero attached hydrogens (tertiary/aromatic N) is 5. The molecule has 5 aromatic rings. The lowest BCUT2D eigenvalue weighted by molar-refractivity contribution is 0.102. The molecule has 0 saturated carbocycles. The number of rotatable bonds is 5. The highest BCUT2D eigenvalue weighted by atomic mass is 35.5. The molecular weight excluding hydrogens is 436 g/mol. The Kier molecular flexibility index (Phi) is 5.40. The van der Waals surface area contributed by atoms with Gasteiger partial charge < -0.3 is 5.32 Å². The maximum atomic E-state index is 13.4. The van der Waals surface area contributed by atoms with Gasteiger partial charge in [-0.1, -0.05) is 41.9 Å². The number of halogens is 1. The molecule has 3 aromatic heterocycles. The van der Waals surface area contributed by atoms with Gasteiger partial charge in [-0.25, -0.2) is 4.98 Å². The van der Waals surface area contributed by atoms with Gasteiger partial charge in [-0.05, 0) is 36.8 Å². The zero-order chi connectivity index (χ0) is 22.9. The van der Waals surface area contributed by atoms with E-state index in [2.05, 4.69) is 15.5 Å². The summed E-state index contributed by atoms with van der Waals surface area (Å²) < 4.78 is 3.55. The predicted molar refractivity (Wildman–Crippen MR) is 129 cm³/mol. The van der Waals surface area contributed by atoms with Gasteiger partial charge in [-0.2, -0.15) is 10.2 Å². The predicted octanol–water partition coefficient (Wildman–Crippen LogP) is 5.09. The SMILES string of the molecule is Cc1c(-c2cc(C(=O)Nc3cccc(Cn4cc(Cl)cn4)c3)c3ccccc3n2)cnn1C. The van der Waals surface area contributed by atoms with E-state index in [9.17, 15) is 4.79 Å². The minimum absolute atomic E-state index is 0.198. The van der Waals surface area contributed by atoms with E-state index in [0.717, 1.165) is 27.7 Å².